The molecule has 1 aromatic carbocycles. The zero-order chi connectivity index (χ0) is 14.1. The van der Waals surface area contributed by atoms with Crippen molar-refractivity contribution in [2.75, 3.05) is 12.8 Å². The van der Waals surface area contributed by atoms with Crippen LogP contribution in [0, 0.1) is 0 Å². The van der Waals surface area contributed by atoms with Gasteiger partial charge in [-0.05, 0) is 18.2 Å². The van der Waals surface area contributed by atoms with Gasteiger partial charge in [0.2, 0.25) is 0 Å². The van der Waals surface area contributed by atoms with E-state index in [4.69, 9.17) is 22.1 Å². The highest BCUT2D eigenvalue weighted by atomic mass is 35.5. The van der Waals surface area contributed by atoms with E-state index in [1.165, 1.54) is 6.33 Å². The summed E-state index contributed by atoms with van der Waals surface area (Å²) in [6.45, 7) is 0. The first kappa shape index (κ1) is 12.6. The molecule has 0 unspecified atom stereocenters. The van der Waals surface area contributed by atoms with Crippen molar-refractivity contribution < 1.29 is 4.74 Å². The van der Waals surface area contributed by atoms with Gasteiger partial charge >= 0.3 is 0 Å². The van der Waals surface area contributed by atoms with Crippen molar-refractivity contribution in [2.45, 2.75) is 0 Å². The lowest BCUT2D eigenvalue weighted by Crippen LogP contribution is -1.97. The summed E-state index contributed by atoms with van der Waals surface area (Å²) in [5, 5.41) is 1.25. The molecule has 0 aliphatic carbocycles. The van der Waals surface area contributed by atoms with Crippen molar-refractivity contribution >= 4 is 28.3 Å². The summed E-state index contributed by atoms with van der Waals surface area (Å²) >= 11 is 5.99. The van der Waals surface area contributed by atoms with Crippen LogP contribution in [0.3, 0.4) is 0 Å². The smallest absolute Gasteiger partial charge is 0.138 e. The Morgan fingerprint density at radius 1 is 1.20 bits per heavy atom. The molecule has 3 aromatic rings. The fourth-order valence-corrected chi connectivity index (χ4v) is 2.30. The molecule has 0 saturated heterocycles. The van der Waals surface area contributed by atoms with Gasteiger partial charge in [-0.2, -0.15) is 0 Å². The maximum atomic E-state index is 5.99. The number of halogens is 1. The standard InChI is InChI=1S/C14H11ClN4O/c1-20-11-3-2-10(8-4-9(15)6-17-5-8)13-12(11)14(16)19-7-18-13/h2-7H,1H3,(H2,16,18,19). The number of hydrogen-bond donors (Lipinski definition) is 1. The number of ether oxygens (including phenoxy) is 1. The highest BCUT2D eigenvalue weighted by molar-refractivity contribution is 6.30. The van der Waals surface area contributed by atoms with Crippen LogP contribution < -0.4 is 10.5 Å². The molecular weight excluding hydrogens is 276 g/mol. The van der Waals surface area contributed by atoms with E-state index in [0.29, 0.717) is 27.5 Å². The largest absolute Gasteiger partial charge is 0.496 e. The zero-order valence-electron chi connectivity index (χ0n) is 10.7. The maximum absolute atomic E-state index is 5.99. The number of nitrogens with zero attached hydrogens (tertiary/aromatic N) is 3. The maximum Gasteiger partial charge on any atom is 0.138 e. The van der Waals surface area contributed by atoms with Gasteiger partial charge in [0.05, 0.1) is 23.0 Å². The van der Waals surface area contributed by atoms with Gasteiger partial charge in [-0.3, -0.25) is 4.98 Å². The van der Waals surface area contributed by atoms with Crippen LogP contribution in [0.2, 0.25) is 5.02 Å². The molecule has 0 fully saturated rings. The molecule has 0 spiro atoms. The van der Waals surface area contributed by atoms with Gasteiger partial charge in [0.15, 0.2) is 0 Å². The van der Waals surface area contributed by atoms with Crippen LogP contribution in [-0.4, -0.2) is 22.1 Å². The Kier molecular flexibility index (Phi) is 3.12. The van der Waals surface area contributed by atoms with Crippen LogP contribution in [0.5, 0.6) is 5.75 Å². The topological polar surface area (TPSA) is 73.9 Å². The zero-order valence-corrected chi connectivity index (χ0v) is 11.4. The second-order valence-electron chi connectivity index (χ2n) is 4.19. The number of methoxy groups -OCH3 is 1. The summed E-state index contributed by atoms with van der Waals surface area (Å²) in [6.07, 6.45) is 4.74. The van der Waals surface area contributed by atoms with Crippen LogP contribution >= 0.6 is 11.6 Å². The van der Waals surface area contributed by atoms with Gasteiger partial charge in [-0.15, -0.1) is 0 Å². The normalized spacial score (nSPS) is 10.7. The molecule has 0 bridgehead atoms. The van der Waals surface area contributed by atoms with Crippen LogP contribution in [0.15, 0.2) is 36.9 Å². The van der Waals surface area contributed by atoms with E-state index in [2.05, 4.69) is 15.0 Å². The number of aromatic nitrogens is 3. The molecular formula is C14H11ClN4O. The number of anilines is 1. The van der Waals surface area contributed by atoms with Crippen molar-refractivity contribution in [1.82, 2.24) is 15.0 Å². The highest BCUT2D eigenvalue weighted by Gasteiger charge is 2.13. The summed E-state index contributed by atoms with van der Waals surface area (Å²) in [5.41, 5.74) is 8.39. The fraction of sp³-hybridized carbons (Fsp3) is 0.0714. The number of nitrogens with two attached hydrogens (primary N) is 1. The molecule has 5 nitrogen and oxygen atoms in total. The van der Waals surface area contributed by atoms with E-state index >= 15 is 0 Å². The Morgan fingerprint density at radius 2 is 2.05 bits per heavy atom. The molecule has 0 saturated carbocycles. The van der Waals surface area contributed by atoms with Crippen molar-refractivity contribution in [3.05, 3.63) is 41.9 Å². The molecule has 100 valence electrons. The number of benzene rings is 1. The Bertz CT molecular complexity index is 791. The molecule has 6 heteroatoms. The number of pyridine rings is 1. The average Bonchev–Trinajstić information content (AvgIpc) is 2.46. The summed E-state index contributed by atoms with van der Waals surface area (Å²) in [6, 6.07) is 5.56. The first-order valence-electron chi connectivity index (χ1n) is 5.89. The van der Waals surface area contributed by atoms with Gasteiger partial charge < -0.3 is 10.5 Å². The highest BCUT2D eigenvalue weighted by Crippen LogP contribution is 2.35. The number of nitrogen functional groups attached to an aromatic ring is 1. The van der Waals surface area contributed by atoms with Crippen LogP contribution in [0.25, 0.3) is 22.0 Å². The molecule has 0 aliphatic rings. The van der Waals surface area contributed by atoms with Gasteiger partial charge in [0.25, 0.3) is 0 Å². The minimum absolute atomic E-state index is 0.378. The van der Waals surface area contributed by atoms with Gasteiger partial charge in [-0.25, -0.2) is 9.97 Å². The summed E-state index contributed by atoms with van der Waals surface area (Å²) in [4.78, 5) is 12.4. The molecule has 2 aromatic heterocycles. The third kappa shape index (κ3) is 2.02. The van der Waals surface area contributed by atoms with Crippen LogP contribution in [0.1, 0.15) is 0 Å². The van der Waals surface area contributed by atoms with E-state index in [9.17, 15) is 0 Å². The minimum atomic E-state index is 0.378. The van der Waals surface area contributed by atoms with E-state index < -0.39 is 0 Å². The van der Waals surface area contributed by atoms with Gasteiger partial charge in [0.1, 0.15) is 17.9 Å². The van der Waals surface area contributed by atoms with E-state index in [1.807, 2.05) is 18.2 Å². The number of hydrogen-bond acceptors (Lipinski definition) is 5. The van der Waals surface area contributed by atoms with E-state index in [0.717, 1.165) is 11.1 Å². The Labute approximate surface area is 120 Å². The fourth-order valence-electron chi connectivity index (χ4n) is 2.13. The Morgan fingerprint density at radius 3 is 2.80 bits per heavy atom. The van der Waals surface area contributed by atoms with E-state index in [-0.39, 0.29) is 0 Å². The van der Waals surface area contributed by atoms with Crippen molar-refractivity contribution in [3.63, 3.8) is 0 Å². The summed E-state index contributed by atoms with van der Waals surface area (Å²) < 4.78 is 5.32. The first-order chi connectivity index (χ1) is 9.70. The Hall–Kier alpha value is -2.40. The lowest BCUT2D eigenvalue weighted by atomic mass is 10.0. The van der Waals surface area contributed by atoms with Crippen LogP contribution in [0.4, 0.5) is 5.82 Å². The lowest BCUT2D eigenvalue weighted by Gasteiger charge is -2.11. The number of fused-ring (bicyclic) bond motifs is 1. The third-order valence-corrected chi connectivity index (χ3v) is 3.22. The quantitative estimate of drug-likeness (QED) is 0.784. The van der Waals surface area contributed by atoms with Gasteiger partial charge in [-0.1, -0.05) is 11.6 Å². The molecule has 3 rings (SSSR count). The lowest BCUT2D eigenvalue weighted by molar-refractivity contribution is 0.420. The SMILES string of the molecule is COc1ccc(-c2cncc(Cl)c2)c2ncnc(N)c12. The van der Waals surface area contributed by atoms with Crippen LogP contribution in [-0.2, 0) is 0 Å². The van der Waals surface area contributed by atoms with Crippen molar-refractivity contribution in [1.29, 1.82) is 0 Å². The summed E-state index contributed by atoms with van der Waals surface area (Å²) in [5.74, 6) is 1.01. The number of rotatable bonds is 2. The van der Waals surface area contributed by atoms with Gasteiger partial charge in [0, 0.05) is 23.5 Å². The molecule has 0 amide bonds. The molecule has 0 aliphatic heterocycles. The molecule has 0 radical (unpaired) electrons. The Balaban J connectivity index is 2.36. The van der Waals surface area contributed by atoms with Crippen molar-refractivity contribution in [2.24, 2.45) is 0 Å². The second-order valence-corrected chi connectivity index (χ2v) is 4.63. The molecule has 20 heavy (non-hydrogen) atoms. The molecule has 2 heterocycles. The predicted molar refractivity (Wildman–Crippen MR) is 78.7 cm³/mol. The monoisotopic (exact) mass is 286 g/mol. The predicted octanol–water partition coefficient (Wildman–Crippen LogP) is 2.94. The first-order valence-corrected chi connectivity index (χ1v) is 6.26. The van der Waals surface area contributed by atoms with Crippen molar-refractivity contribution in [3.8, 4) is 16.9 Å². The minimum Gasteiger partial charge on any atom is -0.496 e. The average molecular weight is 287 g/mol. The third-order valence-electron chi connectivity index (χ3n) is 3.02. The molecule has 2 N–H and O–H groups in total. The molecule has 0 atom stereocenters. The van der Waals surface area contributed by atoms with E-state index in [1.54, 1.807) is 19.5 Å². The second kappa shape index (κ2) is 4.94. The summed E-state index contributed by atoms with van der Waals surface area (Å²) in [7, 11) is 1.59.